The lowest BCUT2D eigenvalue weighted by atomic mass is 9.52. The topological polar surface area (TPSA) is 184 Å². The summed E-state index contributed by atoms with van der Waals surface area (Å²) < 4.78 is 0. The molecule has 0 bridgehead atoms. The van der Waals surface area contributed by atoms with E-state index in [1.807, 2.05) is 12.2 Å². The first kappa shape index (κ1) is 29.3. The van der Waals surface area contributed by atoms with Gasteiger partial charge in [0.15, 0.2) is 34.7 Å². The molecular weight excluding hydrogens is 566 g/mol. The van der Waals surface area contributed by atoms with Gasteiger partial charge in [0.2, 0.25) is 5.91 Å². The third kappa shape index (κ3) is 4.26. The second-order valence-electron chi connectivity index (χ2n) is 12.1. The maximum Gasteiger partial charge on any atom is 0.251 e. The molecule has 6 rings (SSSR count). The normalized spacial score (nSPS) is 29.2. The molecule has 226 valence electrons. The summed E-state index contributed by atoms with van der Waals surface area (Å²) in [5.74, 6) is -11.1. The first-order valence-corrected chi connectivity index (χ1v) is 14.3. The van der Waals surface area contributed by atoms with Gasteiger partial charge in [-0.15, -0.1) is 0 Å². The zero-order valence-corrected chi connectivity index (χ0v) is 24.1. The minimum absolute atomic E-state index is 0.0331. The predicted octanol–water partition coefficient (Wildman–Crippen LogP) is 1.36. The average molecular weight is 598 g/mol. The number of ketones is 4. The summed E-state index contributed by atoms with van der Waals surface area (Å²) >= 11 is 0. The Morgan fingerprint density at radius 2 is 1.73 bits per heavy atom. The number of phenolic OH excluding ortho intramolecular Hbond substituents is 1. The molecule has 5 N–H and O–H groups in total. The summed E-state index contributed by atoms with van der Waals surface area (Å²) in [6.07, 6.45) is 6.14. The molecule has 2 amide bonds. The van der Waals surface area contributed by atoms with Crippen LogP contribution in [0.2, 0.25) is 0 Å². The van der Waals surface area contributed by atoms with E-state index in [1.165, 1.54) is 11.0 Å². The molecule has 6 atom stereocenters. The van der Waals surface area contributed by atoms with Crippen LogP contribution in [0.5, 0.6) is 5.75 Å². The molecule has 4 aliphatic rings. The van der Waals surface area contributed by atoms with Gasteiger partial charge >= 0.3 is 0 Å². The highest BCUT2D eigenvalue weighted by molar-refractivity contribution is 6.32. The van der Waals surface area contributed by atoms with Gasteiger partial charge in [0.1, 0.15) is 5.75 Å². The predicted molar refractivity (Wildman–Crippen MR) is 157 cm³/mol. The Balaban J connectivity index is 1.37. The lowest BCUT2D eigenvalue weighted by molar-refractivity contribution is -0.181. The second kappa shape index (κ2) is 10.5. The number of primary amides is 1. The maximum atomic E-state index is 14.0. The van der Waals surface area contributed by atoms with Crippen LogP contribution in [0.1, 0.15) is 28.8 Å². The van der Waals surface area contributed by atoms with Gasteiger partial charge in [-0.1, -0.05) is 36.4 Å². The molecule has 0 radical (unpaired) electrons. The van der Waals surface area contributed by atoms with Gasteiger partial charge in [-0.05, 0) is 74.2 Å². The van der Waals surface area contributed by atoms with Gasteiger partial charge in [-0.3, -0.25) is 33.7 Å². The molecule has 0 aliphatic heterocycles. The number of allylic oxidation sites excluding steroid dienone is 3. The van der Waals surface area contributed by atoms with Gasteiger partial charge in [-0.2, -0.15) is 0 Å². The molecule has 2 aromatic rings. The van der Waals surface area contributed by atoms with Gasteiger partial charge in [0.05, 0.1) is 17.5 Å². The number of aliphatic hydroxyl groups is 1. The zero-order chi connectivity index (χ0) is 31.7. The first-order chi connectivity index (χ1) is 20.9. The fraction of sp³-hybridized carbons (Fsp3) is 0.333. The number of nitrogens with two attached hydrogens (primary N) is 1. The average Bonchev–Trinajstić information content (AvgIpc) is 3.51. The monoisotopic (exact) mass is 597 g/mol. The third-order valence-electron chi connectivity index (χ3n) is 9.46. The zero-order valence-electron chi connectivity index (χ0n) is 24.1. The Hall–Kier alpha value is -4.74. The van der Waals surface area contributed by atoms with Crippen LogP contribution in [0.3, 0.4) is 0 Å². The van der Waals surface area contributed by atoms with Crippen molar-refractivity contribution in [1.29, 1.82) is 0 Å². The Bertz CT molecular complexity index is 1720. The Labute approximate surface area is 252 Å². The molecule has 0 spiro atoms. The van der Waals surface area contributed by atoms with Crippen molar-refractivity contribution in [3.63, 3.8) is 0 Å². The van der Waals surface area contributed by atoms with Crippen LogP contribution in [-0.4, -0.2) is 75.8 Å². The first-order valence-electron chi connectivity index (χ1n) is 14.3. The number of carbonyl (C=O) groups is 6. The number of nitrogens with zero attached hydrogens (tertiary/aromatic N) is 1. The van der Waals surface area contributed by atoms with Crippen molar-refractivity contribution in [3.8, 4) is 16.9 Å². The lowest BCUT2D eigenvalue weighted by Crippen LogP contribution is -2.74. The van der Waals surface area contributed by atoms with Crippen LogP contribution >= 0.6 is 0 Å². The van der Waals surface area contributed by atoms with E-state index >= 15 is 0 Å². The summed E-state index contributed by atoms with van der Waals surface area (Å²) in [4.78, 5) is 80.7. The number of rotatable bonds is 5. The molecule has 0 saturated heterocycles. The summed E-state index contributed by atoms with van der Waals surface area (Å²) in [5.41, 5.74) is 5.57. The third-order valence-corrected chi connectivity index (χ3v) is 9.46. The quantitative estimate of drug-likeness (QED) is 0.370. The van der Waals surface area contributed by atoms with Crippen molar-refractivity contribution in [2.45, 2.75) is 30.9 Å². The summed E-state index contributed by atoms with van der Waals surface area (Å²) in [7, 11) is 3.08. The Morgan fingerprint density at radius 1 is 1.02 bits per heavy atom. The van der Waals surface area contributed by atoms with Gasteiger partial charge in [0, 0.05) is 17.2 Å². The molecule has 6 unspecified atom stereocenters. The van der Waals surface area contributed by atoms with Crippen LogP contribution in [0.4, 0.5) is 5.69 Å². The van der Waals surface area contributed by atoms with E-state index in [2.05, 4.69) is 5.32 Å². The van der Waals surface area contributed by atoms with E-state index in [4.69, 9.17) is 5.73 Å². The molecule has 2 aromatic carbocycles. The summed E-state index contributed by atoms with van der Waals surface area (Å²) in [5, 5.41) is 25.4. The van der Waals surface area contributed by atoms with Gasteiger partial charge in [0.25, 0.3) is 5.91 Å². The van der Waals surface area contributed by atoms with E-state index in [0.717, 1.165) is 0 Å². The number of amides is 2. The lowest BCUT2D eigenvalue weighted by Gasteiger charge is -2.52. The van der Waals surface area contributed by atoms with Crippen LogP contribution in [-0.2, 0) is 30.4 Å². The van der Waals surface area contributed by atoms with E-state index in [-0.39, 0.29) is 30.1 Å². The van der Waals surface area contributed by atoms with E-state index in [0.29, 0.717) is 34.4 Å². The number of carbonyl (C=O) groups excluding carboxylic acids is 6. The summed E-state index contributed by atoms with van der Waals surface area (Å²) in [6, 6.07) is 8.84. The molecule has 11 heteroatoms. The number of anilines is 1. The number of likely N-dealkylation sites (N-methyl/N-ethyl adjacent to an activating group) is 1. The van der Waals surface area contributed by atoms with Crippen LogP contribution in [0.15, 0.2) is 60.2 Å². The number of fused-ring (bicyclic) bond motifs is 3. The number of aromatic hydroxyl groups is 1. The molecule has 11 nitrogen and oxygen atoms in total. The van der Waals surface area contributed by atoms with E-state index in [9.17, 15) is 39.0 Å². The van der Waals surface area contributed by atoms with Crippen LogP contribution in [0, 0.1) is 23.7 Å². The van der Waals surface area contributed by atoms with Crippen molar-refractivity contribution in [2.75, 3.05) is 19.4 Å². The van der Waals surface area contributed by atoms with Crippen molar-refractivity contribution in [3.05, 3.63) is 71.3 Å². The highest BCUT2D eigenvalue weighted by Crippen LogP contribution is 2.51. The highest BCUT2D eigenvalue weighted by atomic mass is 16.3. The van der Waals surface area contributed by atoms with E-state index < -0.39 is 64.4 Å². The Kier molecular flexibility index (Phi) is 6.97. The smallest absolute Gasteiger partial charge is 0.251 e. The molecule has 2 fully saturated rings. The number of nitrogens with one attached hydrogen (secondary N) is 1. The van der Waals surface area contributed by atoms with Crippen LogP contribution < -0.4 is 11.1 Å². The largest absolute Gasteiger partial charge is 0.507 e. The standard InChI is InChI=1S/C33H31N3O8/c1-36(2)26-21-14-17-13-20-19(15-7-9-18(10-8-15)35-32(43)16-5-3-4-6-16)11-12-22(37)24(20)27(38)23(17)29(40)33(21,44)30(41)25(28(26)39)31(34)42/h3-5,7-12,17,21,23,25-26,37,44H,6,13-14H2,1-2H3,(H2,34,42)(H,35,43). The number of hydrogen-bond acceptors (Lipinski definition) is 9. The van der Waals surface area contributed by atoms with Crippen molar-refractivity contribution in [1.82, 2.24) is 4.90 Å². The maximum absolute atomic E-state index is 14.0. The molecule has 0 heterocycles. The SMILES string of the molecule is CN(C)C1C(=O)C(C(N)=O)C(=O)C2(O)C(=O)C3C(=O)c4c(O)ccc(-c5ccc(NC(=O)C6=CC=CC6)cc5)c4CC3CC12. The molecule has 44 heavy (non-hydrogen) atoms. The molecule has 4 aliphatic carbocycles. The minimum Gasteiger partial charge on any atom is -0.507 e. The van der Waals surface area contributed by atoms with Gasteiger partial charge in [-0.25, -0.2) is 0 Å². The van der Waals surface area contributed by atoms with Crippen molar-refractivity contribution < 1.29 is 39.0 Å². The van der Waals surface area contributed by atoms with Gasteiger partial charge < -0.3 is 21.3 Å². The Morgan fingerprint density at radius 3 is 2.34 bits per heavy atom. The minimum atomic E-state index is -2.77. The van der Waals surface area contributed by atoms with E-state index in [1.54, 1.807) is 50.5 Å². The molecule has 2 saturated carbocycles. The molecular formula is C33H31N3O8. The summed E-state index contributed by atoms with van der Waals surface area (Å²) in [6.45, 7) is 0. The fourth-order valence-electron chi connectivity index (χ4n) is 7.44. The molecule has 0 aromatic heterocycles. The fourth-order valence-corrected chi connectivity index (χ4v) is 7.44. The highest BCUT2D eigenvalue weighted by Gasteiger charge is 2.69. The number of phenols is 1. The number of benzene rings is 2. The second-order valence-corrected chi connectivity index (χ2v) is 12.1. The number of hydrogen-bond donors (Lipinski definition) is 4. The number of Topliss-reactive ketones (excluding diaryl/α,β-unsaturated/α-hetero) is 4. The van der Waals surface area contributed by atoms with Crippen molar-refractivity contribution >= 4 is 40.6 Å². The van der Waals surface area contributed by atoms with Crippen molar-refractivity contribution in [2.24, 2.45) is 29.4 Å². The van der Waals surface area contributed by atoms with Crippen LogP contribution in [0.25, 0.3) is 11.1 Å².